The lowest BCUT2D eigenvalue weighted by Crippen LogP contribution is -2.07. The molecule has 0 atom stereocenters. The van der Waals surface area contributed by atoms with E-state index >= 15 is 0 Å². The van der Waals surface area contributed by atoms with E-state index in [0.717, 1.165) is 16.3 Å². The zero-order valence-corrected chi connectivity index (χ0v) is 13.3. The molecular weight excluding hydrogens is 298 g/mol. The Kier molecular flexibility index (Phi) is 2.87. The third kappa shape index (κ3) is 2.08. The van der Waals surface area contributed by atoms with Crippen molar-refractivity contribution in [3.63, 3.8) is 0 Å². The van der Waals surface area contributed by atoms with Crippen LogP contribution in [0.5, 0.6) is 0 Å². The number of nitrogens with zero attached hydrogens (tertiary/aromatic N) is 2. The Morgan fingerprint density at radius 1 is 1.14 bits per heavy atom. The first-order chi connectivity index (χ1) is 10.2. The van der Waals surface area contributed by atoms with Gasteiger partial charge >= 0.3 is 0 Å². The molecule has 1 aromatic carbocycles. The van der Waals surface area contributed by atoms with Gasteiger partial charge in [0.2, 0.25) is 0 Å². The lowest BCUT2D eigenvalue weighted by Gasteiger charge is -2.12. The normalized spacial score (nSPS) is 16.0. The van der Waals surface area contributed by atoms with Gasteiger partial charge in [0.1, 0.15) is 16.4 Å². The van der Waals surface area contributed by atoms with Crippen LogP contribution in [0.1, 0.15) is 28.3 Å². The van der Waals surface area contributed by atoms with Gasteiger partial charge in [0, 0.05) is 15.7 Å². The van der Waals surface area contributed by atoms with Gasteiger partial charge in [-0.3, -0.25) is 0 Å². The Balaban J connectivity index is 1.74. The summed E-state index contributed by atoms with van der Waals surface area (Å²) < 4.78 is 0. The lowest BCUT2D eigenvalue weighted by atomic mass is 9.97. The van der Waals surface area contributed by atoms with E-state index in [1.165, 1.54) is 34.7 Å². The highest BCUT2D eigenvalue weighted by Crippen LogP contribution is 2.54. The van der Waals surface area contributed by atoms with Crippen molar-refractivity contribution in [2.45, 2.75) is 25.2 Å². The molecular formula is C16H15N3S2. The molecule has 0 spiro atoms. The summed E-state index contributed by atoms with van der Waals surface area (Å²) in [5.74, 6) is 0. The molecule has 2 heterocycles. The smallest absolute Gasteiger partial charge is 0.180 e. The molecule has 0 aliphatic heterocycles. The summed E-state index contributed by atoms with van der Waals surface area (Å²) in [7, 11) is 0. The van der Waals surface area contributed by atoms with Crippen molar-refractivity contribution < 1.29 is 0 Å². The predicted octanol–water partition coefficient (Wildman–Crippen LogP) is 4.24. The maximum atomic E-state index is 5.80. The minimum absolute atomic E-state index is 0.139. The molecule has 4 rings (SSSR count). The van der Waals surface area contributed by atoms with Crippen LogP contribution in [0.2, 0.25) is 0 Å². The first-order valence-electron chi connectivity index (χ1n) is 6.94. The van der Waals surface area contributed by atoms with E-state index in [-0.39, 0.29) is 5.41 Å². The zero-order valence-electron chi connectivity index (χ0n) is 11.7. The zero-order chi connectivity index (χ0) is 14.4. The van der Waals surface area contributed by atoms with Gasteiger partial charge in [-0.15, -0.1) is 22.7 Å². The second kappa shape index (κ2) is 4.64. The molecule has 3 aromatic rings. The van der Waals surface area contributed by atoms with Crippen LogP contribution in [0.15, 0.2) is 35.7 Å². The fourth-order valence-corrected chi connectivity index (χ4v) is 4.55. The summed E-state index contributed by atoms with van der Waals surface area (Å²) in [6, 6.07) is 10.7. The van der Waals surface area contributed by atoms with Crippen molar-refractivity contribution in [1.29, 1.82) is 0 Å². The third-order valence-electron chi connectivity index (χ3n) is 4.05. The van der Waals surface area contributed by atoms with Crippen LogP contribution in [-0.4, -0.2) is 9.97 Å². The molecule has 0 amide bonds. The molecule has 21 heavy (non-hydrogen) atoms. The van der Waals surface area contributed by atoms with E-state index in [4.69, 9.17) is 10.7 Å². The molecule has 1 fully saturated rings. The second-order valence-corrected chi connectivity index (χ2v) is 7.54. The summed E-state index contributed by atoms with van der Waals surface area (Å²) in [5, 5.41) is 3.93. The molecule has 1 aliphatic carbocycles. The average molecular weight is 313 g/mol. The Hall–Kier alpha value is -1.72. The maximum Gasteiger partial charge on any atom is 0.180 e. The van der Waals surface area contributed by atoms with Crippen molar-refractivity contribution >= 4 is 27.8 Å². The monoisotopic (exact) mass is 313 g/mol. The van der Waals surface area contributed by atoms with Crippen LogP contribution < -0.4 is 5.73 Å². The average Bonchev–Trinajstić information content (AvgIpc) is 3.03. The van der Waals surface area contributed by atoms with Crippen molar-refractivity contribution in [2.75, 3.05) is 5.73 Å². The number of aromatic nitrogens is 2. The molecule has 2 N–H and O–H groups in total. The molecule has 0 saturated heterocycles. The Labute approximate surface area is 131 Å². The molecule has 0 bridgehead atoms. The van der Waals surface area contributed by atoms with Crippen LogP contribution >= 0.6 is 22.7 Å². The SMILES string of the molecule is Cc1sc(N)nc1-c1csc(C2(c3ccccc3)CC2)n1. The number of hydrogen-bond acceptors (Lipinski definition) is 5. The van der Waals surface area contributed by atoms with E-state index in [0.29, 0.717) is 5.13 Å². The van der Waals surface area contributed by atoms with Gasteiger partial charge in [0.15, 0.2) is 5.13 Å². The van der Waals surface area contributed by atoms with Crippen molar-refractivity contribution in [2.24, 2.45) is 0 Å². The number of thiazole rings is 2. The molecule has 1 aliphatic rings. The highest BCUT2D eigenvalue weighted by molar-refractivity contribution is 7.15. The largest absolute Gasteiger partial charge is 0.375 e. The van der Waals surface area contributed by atoms with Gasteiger partial charge in [0.05, 0.1) is 0 Å². The fourth-order valence-electron chi connectivity index (χ4n) is 2.77. The van der Waals surface area contributed by atoms with Crippen LogP contribution in [0.25, 0.3) is 11.4 Å². The van der Waals surface area contributed by atoms with Gasteiger partial charge in [-0.05, 0) is 25.3 Å². The fraction of sp³-hybridized carbons (Fsp3) is 0.250. The quantitative estimate of drug-likeness (QED) is 0.787. The van der Waals surface area contributed by atoms with E-state index < -0.39 is 0 Å². The molecule has 2 aromatic heterocycles. The minimum atomic E-state index is 0.139. The summed E-state index contributed by atoms with van der Waals surface area (Å²) in [6.07, 6.45) is 2.37. The van der Waals surface area contributed by atoms with Gasteiger partial charge in [-0.2, -0.15) is 0 Å². The maximum absolute atomic E-state index is 5.80. The number of aryl methyl sites for hydroxylation is 1. The van der Waals surface area contributed by atoms with E-state index in [1.54, 1.807) is 11.3 Å². The minimum Gasteiger partial charge on any atom is -0.375 e. The Bertz CT molecular complexity index is 785. The van der Waals surface area contributed by atoms with Crippen molar-refractivity contribution in [1.82, 2.24) is 9.97 Å². The summed E-state index contributed by atoms with van der Waals surface area (Å²) >= 11 is 3.26. The molecule has 5 heteroatoms. The van der Waals surface area contributed by atoms with Gasteiger partial charge in [-0.25, -0.2) is 9.97 Å². The summed E-state index contributed by atoms with van der Waals surface area (Å²) in [5.41, 5.74) is 9.20. The second-order valence-electron chi connectivity index (χ2n) is 5.44. The molecule has 106 valence electrons. The third-order valence-corrected chi connectivity index (χ3v) is 5.89. The first-order valence-corrected chi connectivity index (χ1v) is 8.63. The van der Waals surface area contributed by atoms with E-state index in [1.807, 2.05) is 6.92 Å². The lowest BCUT2D eigenvalue weighted by molar-refractivity contribution is 0.834. The predicted molar refractivity (Wildman–Crippen MR) is 88.8 cm³/mol. The number of benzene rings is 1. The van der Waals surface area contributed by atoms with Crippen LogP contribution in [-0.2, 0) is 5.41 Å². The number of hydrogen-bond donors (Lipinski definition) is 1. The van der Waals surface area contributed by atoms with Gasteiger partial charge in [0.25, 0.3) is 0 Å². The van der Waals surface area contributed by atoms with Gasteiger partial charge in [-0.1, -0.05) is 30.3 Å². The summed E-state index contributed by atoms with van der Waals surface area (Å²) in [6.45, 7) is 2.05. The van der Waals surface area contributed by atoms with Crippen LogP contribution in [0.3, 0.4) is 0 Å². The molecule has 1 saturated carbocycles. The number of rotatable bonds is 3. The van der Waals surface area contributed by atoms with E-state index in [2.05, 4.69) is 40.7 Å². The van der Waals surface area contributed by atoms with Crippen LogP contribution in [0.4, 0.5) is 5.13 Å². The van der Waals surface area contributed by atoms with Crippen molar-refractivity contribution in [3.05, 3.63) is 51.2 Å². The Morgan fingerprint density at radius 2 is 1.90 bits per heavy atom. The highest BCUT2D eigenvalue weighted by atomic mass is 32.1. The number of anilines is 1. The molecule has 0 radical (unpaired) electrons. The Morgan fingerprint density at radius 3 is 2.52 bits per heavy atom. The van der Waals surface area contributed by atoms with Gasteiger partial charge < -0.3 is 5.73 Å². The number of nitrogens with two attached hydrogens (primary N) is 1. The topological polar surface area (TPSA) is 51.8 Å². The van der Waals surface area contributed by atoms with Crippen molar-refractivity contribution in [3.8, 4) is 11.4 Å². The molecule has 3 nitrogen and oxygen atoms in total. The van der Waals surface area contributed by atoms with Crippen LogP contribution in [0, 0.1) is 6.92 Å². The highest BCUT2D eigenvalue weighted by Gasteiger charge is 2.48. The summed E-state index contributed by atoms with van der Waals surface area (Å²) in [4.78, 5) is 10.4. The van der Waals surface area contributed by atoms with E-state index in [9.17, 15) is 0 Å². The molecule has 0 unspecified atom stereocenters. The first kappa shape index (κ1) is 13.0. The number of nitrogen functional groups attached to an aromatic ring is 1. The standard InChI is InChI=1S/C16H15N3S2/c1-10-13(19-15(17)21-10)12-9-20-14(18-12)16(7-8-16)11-5-3-2-4-6-11/h2-6,9H,7-8H2,1H3,(H2,17,19).